The van der Waals surface area contributed by atoms with Crippen LogP contribution >= 0.6 is 0 Å². The lowest BCUT2D eigenvalue weighted by Crippen LogP contribution is -2.32. The zero-order valence-electron chi connectivity index (χ0n) is 19.6. The van der Waals surface area contributed by atoms with E-state index in [0.29, 0.717) is 5.92 Å². The molecule has 0 aliphatic rings. The van der Waals surface area contributed by atoms with Gasteiger partial charge < -0.3 is 9.90 Å². The van der Waals surface area contributed by atoms with Crippen LogP contribution in [0.5, 0.6) is 0 Å². The predicted molar refractivity (Wildman–Crippen MR) is 121 cm³/mol. The third-order valence-electron chi connectivity index (χ3n) is 6.40. The Labute approximate surface area is 177 Å². The number of carboxylic acids is 1. The highest BCUT2D eigenvalue weighted by atomic mass is 16.4. The lowest BCUT2D eigenvalue weighted by Gasteiger charge is -2.23. The number of carbonyl (C=O) groups is 1. The van der Waals surface area contributed by atoms with Crippen LogP contribution < -0.4 is 5.11 Å². The maximum absolute atomic E-state index is 11.5. The predicted octanol–water partition coefficient (Wildman–Crippen LogP) is 7.83. The first kappa shape index (κ1) is 27.5. The summed E-state index contributed by atoms with van der Waals surface area (Å²) >= 11 is 0. The highest BCUT2D eigenvalue weighted by Crippen LogP contribution is 2.25. The Balaban J connectivity index is 3.56. The minimum Gasteiger partial charge on any atom is -0.550 e. The molecule has 0 amide bonds. The van der Waals surface area contributed by atoms with Crippen molar-refractivity contribution in [3.8, 4) is 0 Å². The van der Waals surface area contributed by atoms with Crippen LogP contribution in [0.1, 0.15) is 149 Å². The summed E-state index contributed by atoms with van der Waals surface area (Å²) in [7, 11) is 0. The first-order chi connectivity index (χ1) is 13.7. The third kappa shape index (κ3) is 17.6. The van der Waals surface area contributed by atoms with Crippen molar-refractivity contribution in [2.24, 2.45) is 11.8 Å². The number of aliphatic carboxylic acids is 1. The van der Waals surface area contributed by atoms with Gasteiger partial charge in [0.1, 0.15) is 0 Å². The molecule has 0 aromatic rings. The van der Waals surface area contributed by atoms with Crippen molar-refractivity contribution < 1.29 is 9.90 Å². The summed E-state index contributed by atoms with van der Waals surface area (Å²) in [5, 5.41) is 11.5. The molecule has 0 bridgehead atoms. The molecule has 0 aromatic carbocycles. The molecule has 0 aliphatic carbocycles. The molecular formula is C26H51O2-. The number of hydrogen-bond acceptors (Lipinski definition) is 2. The Hall–Kier alpha value is -0.530. The molecular weight excluding hydrogens is 344 g/mol. The van der Waals surface area contributed by atoms with Gasteiger partial charge >= 0.3 is 0 Å². The van der Waals surface area contributed by atoms with Gasteiger partial charge in [-0.15, -0.1) is 0 Å². The average molecular weight is 396 g/mol. The van der Waals surface area contributed by atoms with Crippen LogP contribution in [-0.2, 0) is 4.79 Å². The molecule has 0 aliphatic heterocycles. The monoisotopic (exact) mass is 395 g/mol. The molecule has 0 saturated heterocycles. The second-order valence-electron chi connectivity index (χ2n) is 9.05. The van der Waals surface area contributed by atoms with Crippen molar-refractivity contribution in [1.82, 2.24) is 0 Å². The second-order valence-corrected chi connectivity index (χ2v) is 9.05. The lowest BCUT2D eigenvalue weighted by molar-refractivity contribution is -0.312. The Morgan fingerprint density at radius 3 is 1.43 bits per heavy atom. The molecule has 2 heteroatoms. The van der Waals surface area contributed by atoms with Crippen molar-refractivity contribution in [3.05, 3.63) is 0 Å². The van der Waals surface area contributed by atoms with E-state index in [1.54, 1.807) is 0 Å². The summed E-state index contributed by atoms with van der Waals surface area (Å²) in [5.74, 6) is -0.474. The van der Waals surface area contributed by atoms with Gasteiger partial charge in [0.25, 0.3) is 0 Å². The van der Waals surface area contributed by atoms with Gasteiger partial charge in [-0.1, -0.05) is 136 Å². The molecule has 2 nitrogen and oxygen atoms in total. The van der Waals surface area contributed by atoms with Crippen LogP contribution in [0.3, 0.4) is 0 Å². The smallest absolute Gasteiger partial charge is 0.0445 e. The highest BCUT2D eigenvalue weighted by molar-refractivity contribution is 5.67. The number of rotatable bonds is 22. The van der Waals surface area contributed by atoms with Gasteiger partial charge in [-0.2, -0.15) is 0 Å². The molecule has 0 spiro atoms. The van der Waals surface area contributed by atoms with Gasteiger partial charge in [0, 0.05) is 5.97 Å². The molecule has 0 aromatic heterocycles. The van der Waals surface area contributed by atoms with E-state index in [1.165, 1.54) is 103 Å². The first-order valence-corrected chi connectivity index (χ1v) is 12.9. The van der Waals surface area contributed by atoms with Gasteiger partial charge in [0.05, 0.1) is 0 Å². The minimum absolute atomic E-state index is 0.223. The Bertz CT molecular complexity index is 326. The average Bonchev–Trinajstić information content (AvgIpc) is 2.69. The van der Waals surface area contributed by atoms with Crippen LogP contribution in [0.4, 0.5) is 0 Å². The normalized spacial score (nSPS) is 13.5. The van der Waals surface area contributed by atoms with Crippen LogP contribution in [-0.4, -0.2) is 5.97 Å². The van der Waals surface area contributed by atoms with E-state index < -0.39 is 5.97 Å². The van der Waals surface area contributed by atoms with Crippen LogP contribution in [0.25, 0.3) is 0 Å². The third-order valence-corrected chi connectivity index (χ3v) is 6.40. The largest absolute Gasteiger partial charge is 0.550 e. The fourth-order valence-corrected chi connectivity index (χ4v) is 4.30. The summed E-state index contributed by atoms with van der Waals surface area (Å²) in [6.45, 7) is 6.68. The van der Waals surface area contributed by atoms with Gasteiger partial charge in [0.2, 0.25) is 0 Å². The highest BCUT2D eigenvalue weighted by Gasteiger charge is 2.16. The van der Waals surface area contributed by atoms with Crippen LogP contribution in [0.2, 0.25) is 0 Å². The molecule has 28 heavy (non-hydrogen) atoms. The topological polar surface area (TPSA) is 40.1 Å². The number of unbranched alkanes of at least 4 members (excludes halogenated alkanes) is 14. The number of hydrogen-bond donors (Lipinski definition) is 0. The van der Waals surface area contributed by atoms with Gasteiger partial charge in [-0.3, -0.25) is 0 Å². The standard InChI is InChI=1S/C26H52O2/c1-4-7-9-10-11-12-13-14-15-16-17-18-19-20-22-25(26(27)28)23-24(6-3)21-8-5-2/h24-25H,4-23H2,1-3H3,(H,27,28)/p-1. The first-order valence-electron chi connectivity index (χ1n) is 12.9. The second kappa shape index (κ2) is 21.2. The maximum Gasteiger partial charge on any atom is 0.0445 e. The Morgan fingerprint density at radius 2 is 1.04 bits per heavy atom. The van der Waals surface area contributed by atoms with Crippen molar-refractivity contribution in [2.75, 3.05) is 0 Å². The molecule has 0 N–H and O–H groups in total. The summed E-state index contributed by atoms with van der Waals surface area (Å²) in [5.41, 5.74) is 0. The van der Waals surface area contributed by atoms with Crippen molar-refractivity contribution in [3.63, 3.8) is 0 Å². The minimum atomic E-state index is -0.815. The molecule has 0 rings (SSSR count). The van der Waals surface area contributed by atoms with Gasteiger partial charge in [0.15, 0.2) is 0 Å². The summed E-state index contributed by atoms with van der Waals surface area (Å²) < 4.78 is 0. The lowest BCUT2D eigenvalue weighted by atomic mass is 9.86. The van der Waals surface area contributed by atoms with E-state index in [2.05, 4.69) is 20.8 Å². The van der Waals surface area contributed by atoms with Crippen LogP contribution in [0.15, 0.2) is 0 Å². The molecule has 2 atom stereocenters. The van der Waals surface area contributed by atoms with E-state index in [1.807, 2.05) is 0 Å². The van der Waals surface area contributed by atoms with Gasteiger partial charge in [-0.05, 0) is 24.7 Å². The van der Waals surface area contributed by atoms with Gasteiger partial charge in [-0.25, -0.2) is 0 Å². The Morgan fingerprint density at radius 1 is 0.607 bits per heavy atom. The number of carbonyl (C=O) groups excluding carboxylic acids is 1. The molecule has 0 saturated carbocycles. The van der Waals surface area contributed by atoms with Crippen molar-refractivity contribution in [1.29, 1.82) is 0 Å². The van der Waals surface area contributed by atoms with Crippen molar-refractivity contribution >= 4 is 5.97 Å². The zero-order chi connectivity index (χ0) is 20.9. The molecule has 0 radical (unpaired) electrons. The quantitative estimate of drug-likeness (QED) is 0.175. The number of carboxylic acid groups (broad SMARTS) is 1. The molecule has 168 valence electrons. The summed E-state index contributed by atoms with van der Waals surface area (Å²) in [4.78, 5) is 11.5. The molecule has 0 heterocycles. The Kier molecular flexibility index (Phi) is 20.8. The van der Waals surface area contributed by atoms with E-state index in [-0.39, 0.29) is 5.92 Å². The van der Waals surface area contributed by atoms with E-state index in [9.17, 15) is 9.90 Å². The zero-order valence-corrected chi connectivity index (χ0v) is 19.6. The summed E-state index contributed by atoms with van der Waals surface area (Å²) in [6.07, 6.45) is 25.2. The fraction of sp³-hybridized carbons (Fsp3) is 0.962. The fourth-order valence-electron chi connectivity index (χ4n) is 4.30. The van der Waals surface area contributed by atoms with Crippen molar-refractivity contribution in [2.45, 2.75) is 149 Å². The van der Waals surface area contributed by atoms with E-state index >= 15 is 0 Å². The van der Waals surface area contributed by atoms with E-state index in [0.717, 1.165) is 25.7 Å². The SMILES string of the molecule is CCCCCCCCCCCCCCCCC(CC(CC)CCCC)C(=O)[O-]. The summed E-state index contributed by atoms with van der Waals surface area (Å²) in [6, 6.07) is 0. The molecule has 2 unspecified atom stereocenters. The van der Waals surface area contributed by atoms with E-state index in [4.69, 9.17) is 0 Å². The molecule has 0 fully saturated rings. The van der Waals surface area contributed by atoms with Crippen LogP contribution in [0, 0.1) is 11.8 Å². The maximum atomic E-state index is 11.5.